The molecular formula is C28H36Cl3NO4. The number of carbonyl (C=O) groups excluding carboxylic acids is 1. The Balaban J connectivity index is 1.57. The van der Waals surface area contributed by atoms with Gasteiger partial charge in [0.2, 0.25) is 0 Å². The highest BCUT2D eigenvalue weighted by atomic mass is 35.5. The first-order valence-electron chi connectivity index (χ1n) is 12.7. The van der Waals surface area contributed by atoms with E-state index < -0.39 is 6.10 Å². The predicted molar refractivity (Wildman–Crippen MR) is 146 cm³/mol. The number of ether oxygens (including phenoxy) is 2. The fraction of sp³-hybridized carbons (Fsp3) is 0.536. The molecule has 0 saturated carbocycles. The van der Waals surface area contributed by atoms with Crippen molar-refractivity contribution in [1.82, 2.24) is 4.90 Å². The molecule has 0 aliphatic carbocycles. The molecule has 5 nitrogen and oxygen atoms in total. The van der Waals surface area contributed by atoms with E-state index in [4.69, 9.17) is 44.3 Å². The summed E-state index contributed by atoms with van der Waals surface area (Å²) in [6, 6.07) is 11.8. The van der Waals surface area contributed by atoms with E-state index in [1.54, 1.807) is 6.92 Å². The maximum Gasteiger partial charge on any atom is 0.306 e. The molecule has 3 atom stereocenters. The number of halogens is 3. The smallest absolute Gasteiger partial charge is 0.306 e. The third-order valence-electron chi connectivity index (χ3n) is 6.65. The van der Waals surface area contributed by atoms with Crippen LogP contribution >= 0.6 is 34.8 Å². The van der Waals surface area contributed by atoms with Crippen LogP contribution in [0.1, 0.15) is 62.3 Å². The van der Waals surface area contributed by atoms with Crippen molar-refractivity contribution >= 4 is 40.8 Å². The van der Waals surface area contributed by atoms with Crippen molar-refractivity contribution in [3.05, 3.63) is 68.2 Å². The van der Waals surface area contributed by atoms with E-state index >= 15 is 0 Å². The van der Waals surface area contributed by atoms with Crippen LogP contribution in [-0.4, -0.2) is 54.4 Å². The molecule has 0 amide bonds. The first kappa shape index (κ1) is 29.2. The number of β-amino-alcohol motifs (C(OH)–C–C–N with tert-alkyl or cyclic N) is 1. The average molecular weight is 557 g/mol. The van der Waals surface area contributed by atoms with Crippen LogP contribution in [0.4, 0.5) is 0 Å². The average Bonchev–Trinajstić information content (AvgIpc) is 3.27. The lowest BCUT2D eigenvalue weighted by atomic mass is 9.97. The van der Waals surface area contributed by atoms with Gasteiger partial charge in [0.1, 0.15) is 0 Å². The molecule has 1 N–H and O–H groups in total. The van der Waals surface area contributed by atoms with Gasteiger partial charge in [-0.05, 0) is 80.5 Å². The number of hydrogen-bond acceptors (Lipinski definition) is 5. The molecule has 36 heavy (non-hydrogen) atoms. The molecule has 1 aliphatic heterocycles. The van der Waals surface area contributed by atoms with Gasteiger partial charge in [0.05, 0.1) is 35.5 Å². The zero-order chi connectivity index (χ0) is 26.1. The van der Waals surface area contributed by atoms with Crippen LogP contribution in [0.15, 0.2) is 36.4 Å². The first-order chi connectivity index (χ1) is 17.3. The normalized spacial score (nSPS) is 17.8. The predicted octanol–water partition coefficient (Wildman–Crippen LogP) is 6.68. The standard InChI is InChI=1S/C28H36Cl3NO4/c1-3-27(23-8-5-9-24(29)22(23)11-13-28(34)35-4-2)36-18-21(33)17-32-14-6-7-20(32)15-19-10-12-25(30)26(31)16-19/h5,8-10,12,16,20-21,27,33H,3-4,6-7,11,13-15,17-18H2,1-2H3/t20-,21+,27+/m0/s1. The Morgan fingerprint density at radius 2 is 1.94 bits per heavy atom. The number of hydrogen-bond donors (Lipinski definition) is 1. The lowest BCUT2D eigenvalue weighted by molar-refractivity contribution is -0.143. The third kappa shape index (κ3) is 8.34. The molecular weight excluding hydrogens is 521 g/mol. The monoisotopic (exact) mass is 555 g/mol. The largest absolute Gasteiger partial charge is 0.466 e. The van der Waals surface area contributed by atoms with E-state index in [1.807, 2.05) is 43.3 Å². The summed E-state index contributed by atoms with van der Waals surface area (Å²) in [4.78, 5) is 14.2. The summed E-state index contributed by atoms with van der Waals surface area (Å²) in [5.74, 6) is -0.242. The molecule has 8 heteroatoms. The summed E-state index contributed by atoms with van der Waals surface area (Å²) in [6.45, 7) is 5.92. The molecule has 0 spiro atoms. The Kier molecular flexibility index (Phi) is 11.8. The molecule has 1 fully saturated rings. The van der Waals surface area contributed by atoms with Crippen LogP contribution in [0.3, 0.4) is 0 Å². The molecule has 0 radical (unpaired) electrons. The zero-order valence-corrected chi connectivity index (χ0v) is 23.3. The van der Waals surface area contributed by atoms with Crippen LogP contribution in [0.25, 0.3) is 0 Å². The first-order valence-corrected chi connectivity index (χ1v) is 13.9. The SMILES string of the molecule is CCOC(=O)CCc1c(Cl)cccc1[C@@H](CC)OC[C@H](O)CN1CCC[C@H]1Cc1ccc(Cl)c(Cl)c1. The van der Waals surface area contributed by atoms with E-state index in [1.165, 1.54) is 0 Å². The highest BCUT2D eigenvalue weighted by Crippen LogP contribution is 2.31. The summed E-state index contributed by atoms with van der Waals surface area (Å²) in [6.07, 6.45) is 3.69. The van der Waals surface area contributed by atoms with Gasteiger partial charge in [-0.2, -0.15) is 0 Å². The molecule has 1 aliphatic rings. The van der Waals surface area contributed by atoms with Gasteiger partial charge in [-0.25, -0.2) is 0 Å². The molecule has 2 aromatic carbocycles. The molecule has 198 valence electrons. The van der Waals surface area contributed by atoms with E-state index in [2.05, 4.69) is 4.90 Å². The number of benzene rings is 2. The van der Waals surface area contributed by atoms with Gasteiger partial charge in [0.15, 0.2) is 0 Å². The van der Waals surface area contributed by atoms with Crippen molar-refractivity contribution in [2.24, 2.45) is 0 Å². The van der Waals surface area contributed by atoms with E-state index in [9.17, 15) is 9.90 Å². The molecule has 1 saturated heterocycles. The van der Waals surface area contributed by atoms with Gasteiger partial charge >= 0.3 is 5.97 Å². The van der Waals surface area contributed by atoms with Crippen molar-refractivity contribution in [2.75, 3.05) is 26.3 Å². The topological polar surface area (TPSA) is 59.0 Å². The Labute approximate surface area is 229 Å². The Morgan fingerprint density at radius 1 is 1.14 bits per heavy atom. The van der Waals surface area contributed by atoms with Gasteiger partial charge in [-0.15, -0.1) is 0 Å². The zero-order valence-electron chi connectivity index (χ0n) is 21.0. The van der Waals surface area contributed by atoms with Crippen LogP contribution in [-0.2, 0) is 27.1 Å². The number of rotatable bonds is 13. The van der Waals surface area contributed by atoms with Crippen molar-refractivity contribution in [2.45, 2.75) is 70.6 Å². The Hall–Kier alpha value is -1.34. The van der Waals surface area contributed by atoms with E-state index in [0.29, 0.717) is 40.7 Å². The highest BCUT2D eigenvalue weighted by molar-refractivity contribution is 6.42. The number of likely N-dealkylation sites (tertiary alicyclic amines) is 1. The maximum absolute atomic E-state index is 11.9. The second-order valence-corrected chi connectivity index (χ2v) is 10.5. The van der Waals surface area contributed by atoms with Gasteiger partial charge < -0.3 is 14.6 Å². The number of esters is 1. The third-order valence-corrected chi connectivity index (χ3v) is 7.74. The number of aliphatic hydroxyl groups excluding tert-OH is 1. The highest BCUT2D eigenvalue weighted by Gasteiger charge is 2.27. The van der Waals surface area contributed by atoms with Crippen LogP contribution in [0, 0.1) is 0 Å². The van der Waals surface area contributed by atoms with Crippen molar-refractivity contribution < 1.29 is 19.4 Å². The minimum absolute atomic E-state index is 0.221. The van der Waals surface area contributed by atoms with E-state index in [0.717, 1.165) is 48.9 Å². The molecule has 0 unspecified atom stereocenters. The lowest BCUT2D eigenvalue weighted by Crippen LogP contribution is -2.39. The van der Waals surface area contributed by atoms with E-state index in [-0.39, 0.29) is 25.1 Å². The minimum atomic E-state index is -0.615. The molecule has 3 rings (SSSR count). The molecule has 1 heterocycles. The van der Waals surface area contributed by atoms with Gasteiger partial charge in [0.25, 0.3) is 0 Å². The van der Waals surface area contributed by atoms with Crippen LogP contribution < -0.4 is 0 Å². The molecule has 0 aromatic heterocycles. The van der Waals surface area contributed by atoms with Crippen LogP contribution in [0.2, 0.25) is 15.1 Å². The summed E-state index contributed by atoms with van der Waals surface area (Å²) < 4.78 is 11.3. The number of nitrogens with zero attached hydrogens (tertiary/aromatic N) is 1. The van der Waals surface area contributed by atoms with Gasteiger partial charge in [-0.3, -0.25) is 9.69 Å². The number of carbonyl (C=O) groups is 1. The fourth-order valence-electron chi connectivity index (χ4n) is 4.88. The van der Waals surface area contributed by atoms with Crippen molar-refractivity contribution in [3.63, 3.8) is 0 Å². The molecule has 2 aromatic rings. The summed E-state index contributed by atoms with van der Waals surface area (Å²) >= 11 is 18.7. The minimum Gasteiger partial charge on any atom is -0.466 e. The Bertz CT molecular complexity index is 1000. The van der Waals surface area contributed by atoms with Crippen LogP contribution in [0.5, 0.6) is 0 Å². The number of aliphatic hydroxyl groups is 1. The maximum atomic E-state index is 11.9. The summed E-state index contributed by atoms with van der Waals surface area (Å²) in [5.41, 5.74) is 3.00. The second-order valence-electron chi connectivity index (χ2n) is 9.24. The van der Waals surface area contributed by atoms with Crippen molar-refractivity contribution in [3.8, 4) is 0 Å². The fourth-order valence-corrected chi connectivity index (χ4v) is 5.48. The van der Waals surface area contributed by atoms with Crippen molar-refractivity contribution in [1.29, 1.82) is 0 Å². The quantitative estimate of drug-likeness (QED) is 0.279. The van der Waals surface area contributed by atoms with Gasteiger partial charge in [-0.1, -0.05) is 59.9 Å². The Morgan fingerprint density at radius 3 is 2.67 bits per heavy atom. The van der Waals surface area contributed by atoms with Gasteiger partial charge in [0, 0.05) is 24.0 Å². The summed E-state index contributed by atoms with van der Waals surface area (Å²) in [5, 5.41) is 12.6. The lowest BCUT2D eigenvalue weighted by Gasteiger charge is -2.28. The molecule has 0 bridgehead atoms. The second kappa shape index (κ2) is 14.6. The summed E-state index contributed by atoms with van der Waals surface area (Å²) in [7, 11) is 0.